The van der Waals surface area contributed by atoms with Gasteiger partial charge in [0.05, 0.1) is 12.9 Å². The highest BCUT2D eigenvalue weighted by Crippen LogP contribution is 2.05. The number of carboxylic acid groups (broad SMARTS) is 1. The van der Waals surface area contributed by atoms with Gasteiger partial charge in [-0.25, -0.2) is 9.59 Å². The minimum Gasteiger partial charge on any atom is -0.480 e. The second-order valence-corrected chi connectivity index (χ2v) is 4.58. The molecule has 0 aromatic rings. The number of carboxylic acids is 1. The van der Waals surface area contributed by atoms with E-state index in [0.717, 1.165) is 18.9 Å². The number of rotatable bonds is 7. The van der Waals surface area contributed by atoms with E-state index in [1.807, 2.05) is 5.32 Å². The smallest absolute Gasteiger partial charge is 0.413 e. The first-order valence-corrected chi connectivity index (χ1v) is 6.47. The third-order valence-electron chi connectivity index (χ3n) is 1.89. The lowest BCUT2D eigenvalue weighted by atomic mass is 10.2. The van der Waals surface area contributed by atoms with E-state index in [2.05, 4.69) is 10.1 Å². The molecule has 0 fully saturated rings. The normalized spacial score (nSPS) is 11.3. The van der Waals surface area contributed by atoms with Gasteiger partial charge in [0.15, 0.2) is 0 Å². The predicted octanol–water partition coefficient (Wildman–Crippen LogP) is -0.418. The molecule has 8 nitrogen and oxygen atoms in total. The molecule has 0 aromatic heterocycles. The van der Waals surface area contributed by atoms with Crippen LogP contribution in [0.3, 0.4) is 0 Å². The average Bonchev–Trinajstić information content (AvgIpc) is 2.32. The number of hydrogen-bond donors (Lipinski definition) is 3. The number of amides is 3. The minimum absolute atomic E-state index is 0.00150. The second-order valence-electron chi connectivity index (χ2n) is 3.47. The summed E-state index contributed by atoms with van der Waals surface area (Å²) >= 11 is 1.15. The zero-order valence-corrected chi connectivity index (χ0v) is 11.4. The predicted molar refractivity (Wildman–Crippen MR) is 67.7 cm³/mol. The number of methoxy groups -OCH3 is 1. The molecule has 0 heterocycles. The quantitative estimate of drug-likeness (QED) is 0.545. The lowest BCUT2D eigenvalue weighted by Crippen LogP contribution is -2.40. The Kier molecular flexibility index (Phi) is 8.34. The van der Waals surface area contributed by atoms with E-state index in [4.69, 9.17) is 5.11 Å². The third kappa shape index (κ3) is 8.89. The molecule has 1 unspecified atom stereocenters. The third-order valence-corrected chi connectivity index (χ3v) is 2.88. The van der Waals surface area contributed by atoms with Gasteiger partial charge in [-0.15, -0.1) is 0 Å². The molecule has 0 radical (unpaired) electrons. The van der Waals surface area contributed by atoms with E-state index in [9.17, 15) is 19.2 Å². The van der Waals surface area contributed by atoms with Crippen LogP contribution in [0.25, 0.3) is 0 Å². The summed E-state index contributed by atoms with van der Waals surface area (Å²) in [7, 11) is 1.14. The van der Waals surface area contributed by atoms with Crippen molar-refractivity contribution in [2.75, 3.05) is 18.6 Å². The van der Waals surface area contributed by atoms with E-state index >= 15 is 0 Å². The van der Waals surface area contributed by atoms with Gasteiger partial charge in [-0.05, 0) is 12.2 Å². The molecule has 0 spiro atoms. The zero-order valence-electron chi connectivity index (χ0n) is 10.6. The maximum Gasteiger partial charge on any atom is 0.413 e. The Morgan fingerprint density at radius 3 is 2.42 bits per heavy atom. The van der Waals surface area contributed by atoms with E-state index in [0.29, 0.717) is 5.75 Å². The maximum atomic E-state index is 11.1. The molecule has 0 aliphatic rings. The van der Waals surface area contributed by atoms with Crippen LogP contribution in [-0.2, 0) is 19.1 Å². The number of nitrogens with one attached hydrogen (secondary N) is 2. The van der Waals surface area contributed by atoms with Gasteiger partial charge in [0.25, 0.3) is 0 Å². The topological polar surface area (TPSA) is 122 Å². The molecule has 0 aliphatic heterocycles. The fraction of sp³-hybridized carbons (Fsp3) is 0.600. The van der Waals surface area contributed by atoms with Gasteiger partial charge < -0.3 is 15.2 Å². The molecule has 0 saturated carbocycles. The van der Waals surface area contributed by atoms with Crippen molar-refractivity contribution >= 4 is 35.6 Å². The molecule has 0 saturated heterocycles. The molecule has 19 heavy (non-hydrogen) atoms. The van der Waals surface area contributed by atoms with Crippen molar-refractivity contribution in [3.05, 3.63) is 0 Å². The highest BCUT2D eigenvalue weighted by molar-refractivity contribution is 7.99. The van der Waals surface area contributed by atoms with Crippen molar-refractivity contribution in [1.29, 1.82) is 0 Å². The summed E-state index contributed by atoms with van der Waals surface area (Å²) in [5, 5.41) is 13.1. The first-order chi connectivity index (χ1) is 8.86. The second kappa shape index (κ2) is 9.20. The van der Waals surface area contributed by atoms with Crippen molar-refractivity contribution in [2.45, 2.75) is 19.4 Å². The highest BCUT2D eigenvalue weighted by Gasteiger charge is 2.18. The lowest BCUT2D eigenvalue weighted by molar-refractivity contribution is -0.141. The van der Waals surface area contributed by atoms with Crippen LogP contribution in [0, 0.1) is 0 Å². The average molecular weight is 292 g/mol. The van der Waals surface area contributed by atoms with Crippen LogP contribution in [-0.4, -0.2) is 53.6 Å². The van der Waals surface area contributed by atoms with E-state index in [1.165, 1.54) is 6.92 Å². The SMILES string of the molecule is COC(=O)NC(=O)CSCCC(NC(C)=O)C(=O)O. The number of aliphatic carboxylic acids is 1. The summed E-state index contributed by atoms with van der Waals surface area (Å²) in [5.74, 6) is -1.73. The van der Waals surface area contributed by atoms with Crippen molar-refractivity contribution < 1.29 is 29.0 Å². The molecule has 9 heteroatoms. The van der Waals surface area contributed by atoms with Gasteiger partial charge in [0.1, 0.15) is 6.04 Å². The van der Waals surface area contributed by atoms with Crippen molar-refractivity contribution in [3.63, 3.8) is 0 Å². The monoisotopic (exact) mass is 292 g/mol. The first-order valence-electron chi connectivity index (χ1n) is 5.32. The van der Waals surface area contributed by atoms with Gasteiger partial charge >= 0.3 is 12.1 Å². The van der Waals surface area contributed by atoms with Crippen LogP contribution >= 0.6 is 11.8 Å². The van der Waals surface area contributed by atoms with Crippen LogP contribution < -0.4 is 10.6 Å². The first kappa shape index (κ1) is 17.2. The van der Waals surface area contributed by atoms with E-state index in [1.54, 1.807) is 0 Å². The molecule has 0 aliphatic carbocycles. The molecular formula is C10H16N2O6S. The van der Waals surface area contributed by atoms with Crippen LogP contribution in [0.4, 0.5) is 4.79 Å². The van der Waals surface area contributed by atoms with Crippen LogP contribution in [0.5, 0.6) is 0 Å². The summed E-state index contributed by atoms with van der Waals surface area (Å²) in [4.78, 5) is 43.4. The zero-order chi connectivity index (χ0) is 14.8. The highest BCUT2D eigenvalue weighted by atomic mass is 32.2. The van der Waals surface area contributed by atoms with Crippen molar-refractivity contribution in [3.8, 4) is 0 Å². The maximum absolute atomic E-state index is 11.1. The lowest BCUT2D eigenvalue weighted by Gasteiger charge is -2.12. The summed E-state index contributed by atoms with van der Waals surface area (Å²) in [5.41, 5.74) is 0. The van der Waals surface area contributed by atoms with Crippen LogP contribution in [0.15, 0.2) is 0 Å². The Morgan fingerprint density at radius 1 is 1.32 bits per heavy atom. The van der Waals surface area contributed by atoms with Crippen LogP contribution in [0.2, 0.25) is 0 Å². The standard InChI is InChI=1S/C10H16N2O6S/c1-6(13)11-7(9(15)16)3-4-19-5-8(14)12-10(17)18-2/h7H,3-5H2,1-2H3,(H,11,13)(H,15,16)(H,12,14,17). The van der Waals surface area contributed by atoms with Gasteiger partial charge in [0, 0.05) is 6.92 Å². The molecule has 1 atom stereocenters. The number of hydrogen-bond acceptors (Lipinski definition) is 6. The summed E-state index contributed by atoms with van der Waals surface area (Å²) in [6, 6.07) is -0.978. The fourth-order valence-corrected chi connectivity index (χ4v) is 1.87. The van der Waals surface area contributed by atoms with Crippen molar-refractivity contribution in [2.24, 2.45) is 0 Å². The van der Waals surface area contributed by atoms with E-state index in [-0.39, 0.29) is 12.2 Å². The molecule has 0 bridgehead atoms. The van der Waals surface area contributed by atoms with Gasteiger partial charge in [0.2, 0.25) is 11.8 Å². The summed E-state index contributed by atoms with van der Waals surface area (Å²) in [6.45, 7) is 1.23. The summed E-state index contributed by atoms with van der Waals surface area (Å²) < 4.78 is 4.24. The number of imide groups is 1. The Labute approximate surface area is 114 Å². The number of thioether (sulfide) groups is 1. The molecular weight excluding hydrogens is 276 g/mol. The van der Waals surface area contributed by atoms with Gasteiger partial charge in [-0.2, -0.15) is 11.8 Å². The Hall–Kier alpha value is -1.77. The Bertz CT molecular complexity index is 360. The molecule has 3 amide bonds. The number of carbonyl (C=O) groups is 4. The number of alkyl carbamates (subject to hydrolysis) is 1. The summed E-state index contributed by atoms with van der Waals surface area (Å²) in [6.07, 6.45) is -0.655. The molecule has 0 aromatic carbocycles. The fourth-order valence-electron chi connectivity index (χ4n) is 1.07. The number of ether oxygens (including phenoxy) is 1. The van der Waals surface area contributed by atoms with Crippen LogP contribution in [0.1, 0.15) is 13.3 Å². The Morgan fingerprint density at radius 2 is 1.95 bits per heavy atom. The van der Waals surface area contributed by atoms with Gasteiger partial charge in [-0.1, -0.05) is 0 Å². The molecule has 0 rings (SSSR count). The Balaban J connectivity index is 3.88. The minimum atomic E-state index is -1.13. The van der Waals surface area contributed by atoms with E-state index < -0.39 is 29.9 Å². The molecule has 3 N–H and O–H groups in total. The largest absolute Gasteiger partial charge is 0.480 e. The number of carbonyl (C=O) groups excluding carboxylic acids is 3. The molecule has 108 valence electrons. The van der Waals surface area contributed by atoms with Gasteiger partial charge in [-0.3, -0.25) is 14.9 Å². The van der Waals surface area contributed by atoms with Crippen molar-refractivity contribution in [1.82, 2.24) is 10.6 Å².